The molecule has 25 heavy (non-hydrogen) atoms. The number of aromatic nitrogens is 1. The molecule has 1 aromatic heterocycles. The fraction of sp³-hybridized carbons (Fsp3) is 0.591. The van der Waals surface area contributed by atoms with Gasteiger partial charge in [-0.2, -0.15) is 0 Å². The molecule has 3 heteroatoms. The molecule has 2 saturated carbocycles. The third-order valence-corrected chi connectivity index (χ3v) is 6.27. The van der Waals surface area contributed by atoms with Gasteiger partial charge in [-0.25, -0.2) is 0 Å². The van der Waals surface area contributed by atoms with E-state index in [1.807, 2.05) is 12.1 Å². The van der Waals surface area contributed by atoms with E-state index in [0.717, 1.165) is 23.0 Å². The first-order valence-corrected chi connectivity index (χ1v) is 10.1. The van der Waals surface area contributed by atoms with Crippen LogP contribution in [0.4, 0.5) is 0 Å². The predicted molar refractivity (Wildman–Crippen MR) is 103 cm³/mol. The molecular formula is C22H30N2O. The number of aromatic hydroxyl groups is 1. The Kier molecular flexibility index (Phi) is 5.21. The Bertz CT molecular complexity index is 684. The molecule has 3 nitrogen and oxygen atoms in total. The minimum atomic E-state index is 0.384. The molecule has 2 aliphatic carbocycles. The maximum Gasteiger partial charge on any atom is 0.146 e. The summed E-state index contributed by atoms with van der Waals surface area (Å²) in [5, 5.41) is 11.8. The van der Waals surface area contributed by atoms with E-state index in [1.165, 1.54) is 64.2 Å². The third kappa shape index (κ3) is 3.67. The van der Waals surface area contributed by atoms with E-state index >= 15 is 0 Å². The molecule has 0 unspecified atom stereocenters. The van der Waals surface area contributed by atoms with E-state index in [2.05, 4.69) is 22.0 Å². The van der Waals surface area contributed by atoms with Crippen molar-refractivity contribution in [3.63, 3.8) is 0 Å². The van der Waals surface area contributed by atoms with E-state index in [1.54, 1.807) is 6.20 Å². The molecule has 1 heterocycles. The van der Waals surface area contributed by atoms with Crippen LogP contribution in [-0.4, -0.2) is 27.1 Å². The molecule has 2 fully saturated rings. The van der Waals surface area contributed by atoms with Crippen molar-refractivity contribution in [1.82, 2.24) is 9.88 Å². The van der Waals surface area contributed by atoms with Crippen molar-refractivity contribution < 1.29 is 5.11 Å². The van der Waals surface area contributed by atoms with Crippen molar-refractivity contribution in [3.8, 4) is 5.75 Å². The Morgan fingerprint density at radius 2 is 1.52 bits per heavy atom. The SMILES string of the molecule is Oc1c(CN(C2CCCCC2)C2CCCCC2)ccc2cccnc12. The molecular weight excluding hydrogens is 308 g/mol. The zero-order valence-corrected chi connectivity index (χ0v) is 15.2. The number of hydrogen-bond acceptors (Lipinski definition) is 3. The Labute approximate surface area is 151 Å². The summed E-state index contributed by atoms with van der Waals surface area (Å²) >= 11 is 0. The number of hydrogen-bond donors (Lipinski definition) is 1. The van der Waals surface area contributed by atoms with Gasteiger partial charge < -0.3 is 5.11 Å². The van der Waals surface area contributed by atoms with Crippen LogP contribution < -0.4 is 0 Å². The quantitative estimate of drug-likeness (QED) is 0.810. The average Bonchev–Trinajstić information content (AvgIpc) is 2.69. The van der Waals surface area contributed by atoms with Crippen LogP contribution in [0, 0.1) is 0 Å². The van der Waals surface area contributed by atoms with E-state index in [9.17, 15) is 5.11 Å². The van der Waals surface area contributed by atoms with E-state index in [-0.39, 0.29) is 0 Å². The fourth-order valence-electron chi connectivity index (χ4n) is 4.88. The topological polar surface area (TPSA) is 36.4 Å². The number of benzene rings is 1. The van der Waals surface area contributed by atoms with Gasteiger partial charge in [0.2, 0.25) is 0 Å². The van der Waals surface area contributed by atoms with Gasteiger partial charge in [0.15, 0.2) is 0 Å². The number of phenols is 1. The molecule has 0 amide bonds. The summed E-state index contributed by atoms with van der Waals surface area (Å²) in [6.45, 7) is 0.869. The summed E-state index contributed by atoms with van der Waals surface area (Å²) in [6, 6.07) is 9.55. The normalized spacial score (nSPS) is 20.4. The van der Waals surface area contributed by atoms with Crippen LogP contribution in [0.2, 0.25) is 0 Å². The van der Waals surface area contributed by atoms with Crippen molar-refractivity contribution in [2.45, 2.75) is 82.8 Å². The third-order valence-electron chi connectivity index (χ3n) is 6.27. The summed E-state index contributed by atoms with van der Waals surface area (Å²) in [7, 11) is 0. The van der Waals surface area contributed by atoms with E-state index in [0.29, 0.717) is 17.8 Å². The highest BCUT2D eigenvalue weighted by atomic mass is 16.3. The largest absolute Gasteiger partial charge is 0.505 e. The van der Waals surface area contributed by atoms with Crippen LogP contribution in [0.25, 0.3) is 10.9 Å². The molecule has 1 aromatic carbocycles. The van der Waals surface area contributed by atoms with Gasteiger partial charge in [0.1, 0.15) is 11.3 Å². The van der Waals surface area contributed by atoms with Gasteiger partial charge in [0.05, 0.1) is 0 Å². The monoisotopic (exact) mass is 338 g/mol. The van der Waals surface area contributed by atoms with E-state index in [4.69, 9.17) is 0 Å². The predicted octanol–water partition coefficient (Wildman–Crippen LogP) is 5.41. The second kappa shape index (κ2) is 7.74. The van der Waals surface area contributed by atoms with Crippen LogP contribution in [-0.2, 0) is 6.54 Å². The smallest absolute Gasteiger partial charge is 0.146 e. The minimum Gasteiger partial charge on any atom is -0.505 e. The molecule has 0 atom stereocenters. The maximum absolute atomic E-state index is 10.8. The van der Waals surface area contributed by atoms with Gasteiger partial charge in [0, 0.05) is 35.8 Å². The number of phenolic OH excluding ortho intramolecular Hbond substituents is 1. The van der Waals surface area contributed by atoms with Crippen LogP contribution in [0.15, 0.2) is 30.5 Å². The Balaban J connectivity index is 1.62. The van der Waals surface area contributed by atoms with Crippen LogP contribution in [0.3, 0.4) is 0 Å². The molecule has 0 radical (unpaired) electrons. The van der Waals surface area contributed by atoms with Gasteiger partial charge in [0.25, 0.3) is 0 Å². The first-order chi connectivity index (χ1) is 12.3. The molecule has 2 aliphatic rings. The lowest BCUT2D eigenvalue weighted by Gasteiger charge is -2.42. The van der Waals surface area contributed by atoms with Crippen LogP contribution in [0.5, 0.6) is 5.75 Å². The lowest BCUT2D eigenvalue weighted by Crippen LogP contribution is -2.44. The van der Waals surface area contributed by atoms with Gasteiger partial charge in [-0.15, -0.1) is 0 Å². The lowest BCUT2D eigenvalue weighted by molar-refractivity contribution is 0.0724. The molecule has 2 aromatic rings. The van der Waals surface area contributed by atoms with Gasteiger partial charge in [-0.1, -0.05) is 56.7 Å². The molecule has 134 valence electrons. The van der Waals surface area contributed by atoms with Crippen molar-refractivity contribution in [3.05, 3.63) is 36.0 Å². The van der Waals surface area contributed by atoms with Crippen molar-refractivity contribution >= 4 is 10.9 Å². The number of nitrogens with zero attached hydrogens (tertiary/aromatic N) is 2. The second-order valence-electron chi connectivity index (χ2n) is 7.90. The second-order valence-corrected chi connectivity index (χ2v) is 7.90. The first-order valence-electron chi connectivity index (χ1n) is 10.1. The summed E-state index contributed by atoms with van der Waals surface area (Å²) in [6.07, 6.45) is 15.3. The average molecular weight is 338 g/mol. The number of rotatable bonds is 4. The van der Waals surface area contributed by atoms with Gasteiger partial charge >= 0.3 is 0 Å². The molecule has 0 saturated heterocycles. The maximum atomic E-state index is 10.8. The van der Waals surface area contributed by atoms with Crippen LogP contribution >= 0.6 is 0 Å². The highest BCUT2D eigenvalue weighted by molar-refractivity contribution is 5.85. The fourth-order valence-corrected chi connectivity index (χ4v) is 4.88. The molecule has 4 rings (SSSR count). The number of pyridine rings is 1. The van der Waals surface area contributed by atoms with Gasteiger partial charge in [-0.3, -0.25) is 9.88 Å². The summed E-state index contributed by atoms with van der Waals surface area (Å²) < 4.78 is 0. The molecule has 0 aliphatic heterocycles. The highest BCUT2D eigenvalue weighted by Gasteiger charge is 2.29. The molecule has 1 N–H and O–H groups in total. The highest BCUT2D eigenvalue weighted by Crippen LogP contribution is 2.34. The minimum absolute atomic E-state index is 0.384. The summed E-state index contributed by atoms with van der Waals surface area (Å²) in [5.41, 5.74) is 1.79. The zero-order valence-electron chi connectivity index (χ0n) is 15.2. The van der Waals surface area contributed by atoms with Gasteiger partial charge in [-0.05, 0) is 31.7 Å². The van der Waals surface area contributed by atoms with E-state index < -0.39 is 0 Å². The van der Waals surface area contributed by atoms with Crippen molar-refractivity contribution in [2.75, 3.05) is 0 Å². The molecule has 0 bridgehead atoms. The van der Waals surface area contributed by atoms with Crippen LogP contribution in [0.1, 0.15) is 69.8 Å². The standard InChI is InChI=1S/C22H30N2O/c25-22-18(14-13-17-8-7-15-23-21(17)22)16-24(19-9-3-1-4-10-19)20-11-5-2-6-12-20/h7-8,13-15,19-20,25H,1-6,9-12,16H2. The Morgan fingerprint density at radius 1 is 0.880 bits per heavy atom. The zero-order chi connectivity index (χ0) is 17.1. The van der Waals surface area contributed by atoms with Crippen molar-refractivity contribution in [2.24, 2.45) is 0 Å². The van der Waals surface area contributed by atoms with Crippen molar-refractivity contribution in [1.29, 1.82) is 0 Å². The molecule has 0 spiro atoms. The summed E-state index contributed by atoms with van der Waals surface area (Å²) in [4.78, 5) is 7.14. The summed E-state index contributed by atoms with van der Waals surface area (Å²) in [5.74, 6) is 0.384. The first kappa shape index (κ1) is 16.8. The Hall–Kier alpha value is -1.61. The lowest BCUT2D eigenvalue weighted by atomic mass is 9.88. The Morgan fingerprint density at radius 3 is 2.16 bits per heavy atom. The number of fused-ring (bicyclic) bond motifs is 1.